The molecule has 0 radical (unpaired) electrons. The normalized spacial score (nSPS) is 14.7. The Labute approximate surface area is 234 Å². The summed E-state index contributed by atoms with van der Waals surface area (Å²) in [5.74, 6) is -0.105. The van der Waals surface area contributed by atoms with E-state index in [9.17, 15) is 9.59 Å². The molecule has 0 unspecified atom stereocenters. The summed E-state index contributed by atoms with van der Waals surface area (Å²) in [7, 11) is 0. The van der Waals surface area contributed by atoms with Gasteiger partial charge in [0, 0.05) is 16.5 Å². The lowest BCUT2D eigenvalue weighted by molar-refractivity contribution is -0.114. The Morgan fingerprint density at radius 2 is 1.62 bits per heavy atom. The second-order valence-electron chi connectivity index (χ2n) is 9.85. The molecule has 0 saturated heterocycles. The third kappa shape index (κ3) is 6.50. The Hall–Kier alpha value is -4.09. The minimum absolute atomic E-state index is 0.0197. The number of thioether (sulfide) groups is 1. The predicted molar refractivity (Wildman–Crippen MR) is 161 cm³/mol. The Kier molecular flexibility index (Phi) is 8.28. The fourth-order valence-electron chi connectivity index (χ4n) is 4.76. The summed E-state index contributed by atoms with van der Waals surface area (Å²) in [4.78, 5) is 30.1. The fraction of sp³-hybridized carbons (Fsp3) is 0.176. The van der Waals surface area contributed by atoms with Crippen molar-refractivity contribution in [3.8, 4) is 0 Å². The van der Waals surface area contributed by atoms with Gasteiger partial charge in [-0.2, -0.15) is 0 Å². The first-order valence-electron chi connectivity index (χ1n) is 13.3. The van der Waals surface area contributed by atoms with Crippen molar-refractivity contribution in [2.24, 2.45) is 0 Å². The van der Waals surface area contributed by atoms with Gasteiger partial charge < -0.3 is 10.2 Å². The maximum atomic E-state index is 13.6. The van der Waals surface area contributed by atoms with Crippen molar-refractivity contribution >= 4 is 35.3 Å². The quantitative estimate of drug-likeness (QED) is 0.240. The maximum absolute atomic E-state index is 13.6. The van der Waals surface area contributed by atoms with E-state index in [-0.39, 0.29) is 17.9 Å². The molecule has 196 valence electrons. The van der Waals surface area contributed by atoms with Crippen LogP contribution in [0.25, 0.3) is 6.08 Å². The van der Waals surface area contributed by atoms with Crippen LogP contribution >= 0.6 is 11.8 Å². The molecule has 39 heavy (non-hydrogen) atoms. The van der Waals surface area contributed by atoms with E-state index in [0.717, 1.165) is 34.6 Å². The summed E-state index contributed by atoms with van der Waals surface area (Å²) in [5.41, 5.74) is 5.90. The van der Waals surface area contributed by atoms with E-state index in [1.165, 1.54) is 22.9 Å². The first-order chi connectivity index (χ1) is 19.0. The second-order valence-corrected chi connectivity index (χ2v) is 10.9. The van der Waals surface area contributed by atoms with Gasteiger partial charge in [0.05, 0.1) is 17.1 Å². The van der Waals surface area contributed by atoms with Crippen LogP contribution in [0.5, 0.6) is 0 Å². The maximum Gasteiger partial charge on any atom is 0.265 e. The molecule has 1 N–H and O–H groups in total. The van der Waals surface area contributed by atoms with Gasteiger partial charge >= 0.3 is 0 Å². The van der Waals surface area contributed by atoms with E-state index in [1.807, 2.05) is 77.7 Å². The fourth-order valence-corrected chi connectivity index (χ4v) is 5.82. The van der Waals surface area contributed by atoms with E-state index < -0.39 is 0 Å². The lowest BCUT2D eigenvalue weighted by atomic mass is 10.0. The van der Waals surface area contributed by atoms with Crippen LogP contribution in [-0.2, 0) is 17.8 Å². The van der Waals surface area contributed by atoms with Crippen molar-refractivity contribution in [2.45, 2.75) is 44.2 Å². The molecule has 1 heterocycles. The van der Waals surface area contributed by atoms with Crippen molar-refractivity contribution in [2.75, 3.05) is 4.90 Å². The largest absolute Gasteiger partial charge is 0.349 e. The van der Waals surface area contributed by atoms with Gasteiger partial charge in [-0.3, -0.25) is 9.59 Å². The Balaban J connectivity index is 1.32. The van der Waals surface area contributed by atoms with Crippen LogP contribution < -0.4 is 10.2 Å². The highest BCUT2D eigenvalue weighted by molar-refractivity contribution is 8.04. The minimum atomic E-state index is -0.0849. The van der Waals surface area contributed by atoms with Gasteiger partial charge in [-0.15, -0.1) is 0 Å². The van der Waals surface area contributed by atoms with E-state index in [0.29, 0.717) is 17.0 Å². The van der Waals surface area contributed by atoms with E-state index in [4.69, 9.17) is 0 Å². The molecule has 0 aromatic heterocycles. The second kappa shape index (κ2) is 12.2. The number of nitrogens with zero attached hydrogens (tertiary/aromatic N) is 1. The predicted octanol–water partition coefficient (Wildman–Crippen LogP) is 7.43. The SMILES string of the molecule is CC[C@H](Cc1ccccc1)NC(=O)c1ccc(/C=C2/Sc3ccccc3N(Cc3cccc(C)c3)C2=O)cc1. The highest BCUT2D eigenvalue weighted by Gasteiger charge is 2.29. The summed E-state index contributed by atoms with van der Waals surface area (Å²) >= 11 is 1.49. The standard InChI is InChI=1S/C34H32N2O2S/c1-3-29(21-25-11-5-4-6-12-25)35-33(37)28-18-16-26(17-19-28)22-32-34(38)36(23-27-13-9-10-24(2)20-27)30-14-7-8-15-31(30)39-32/h4-20,22,29H,3,21,23H2,1-2H3,(H,35,37)/b32-22+/t29-/m1/s1. The zero-order chi connectivity index (χ0) is 27.2. The summed E-state index contributed by atoms with van der Waals surface area (Å²) in [6, 6.07) is 34.0. The topological polar surface area (TPSA) is 49.4 Å². The van der Waals surface area contributed by atoms with E-state index in [2.05, 4.69) is 55.6 Å². The molecule has 1 aliphatic rings. The lowest BCUT2D eigenvalue weighted by Crippen LogP contribution is -2.35. The highest BCUT2D eigenvalue weighted by atomic mass is 32.2. The molecule has 4 aromatic carbocycles. The molecule has 5 heteroatoms. The smallest absolute Gasteiger partial charge is 0.265 e. The Bertz CT molecular complexity index is 1500. The molecular formula is C34H32N2O2S. The van der Waals surface area contributed by atoms with Crippen LogP contribution in [-0.4, -0.2) is 17.9 Å². The number of hydrogen-bond donors (Lipinski definition) is 1. The number of rotatable bonds is 8. The number of carbonyl (C=O) groups is 2. The first kappa shape index (κ1) is 26.5. The zero-order valence-corrected chi connectivity index (χ0v) is 23.1. The monoisotopic (exact) mass is 532 g/mol. The zero-order valence-electron chi connectivity index (χ0n) is 22.3. The number of nitrogens with one attached hydrogen (secondary N) is 1. The van der Waals surface area contributed by atoms with Crippen molar-refractivity contribution < 1.29 is 9.59 Å². The van der Waals surface area contributed by atoms with Crippen LogP contribution in [0.2, 0.25) is 0 Å². The van der Waals surface area contributed by atoms with Gasteiger partial charge in [0.25, 0.3) is 11.8 Å². The summed E-state index contributed by atoms with van der Waals surface area (Å²) in [5, 5.41) is 3.16. The summed E-state index contributed by atoms with van der Waals surface area (Å²) in [6.45, 7) is 4.66. The van der Waals surface area contributed by atoms with Gasteiger partial charge in [-0.05, 0) is 66.8 Å². The number of amides is 2. The number of hydrogen-bond acceptors (Lipinski definition) is 3. The number of anilines is 1. The van der Waals surface area contributed by atoms with Crippen molar-refractivity contribution in [1.29, 1.82) is 0 Å². The summed E-state index contributed by atoms with van der Waals surface area (Å²) < 4.78 is 0. The molecule has 0 saturated carbocycles. The van der Waals surface area contributed by atoms with Gasteiger partial charge in [0.1, 0.15) is 0 Å². The van der Waals surface area contributed by atoms with Crippen LogP contribution in [0, 0.1) is 6.92 Å². The van der Waals surface area contributed by atoms with Gasteiger partial charge in [-0.25, -0.2) is 0 Å². The lowest BCUT2D eigenvalue weighted by Gasteiger charge is -2.30. The van der Waals surface area contributed by atoms with Crippen LogP contribution in [0.1, 0.15) is 46.0 Å². The highest BCUT2D eigenvalue weighted by Crippen LogP contribution is 2.42. The summed E-state index contributed by atoms with van der Waals surface area (Å²) in [6.07, 6.45) is 3.57. The number of fused-ring (bicyclic) bond motifs is 1. The molecule has 0 spiro atoms. The van der Waals surface area contributed by atoms with Crippen LogP contribution in [0.4, 0.5) is 5.69 Å². The molecule has 2 amide bonds. The molecule has 5 rings (SSSR count). The number of benzene rings is 4. The number of aryl methyl sites for hydroxylation is 1. The van der Waals surface area contributed by atoms with E-state index in [1.54, 1.807) is 0 Å². The van der Waals surface area contributed by atoms with Gasteiger partial charge in [0.2, 0.25) is 0 Å². The molecule has 1 atom stereocenters. The van der Waals surface area contributed by atoms with Gasteiger partial charge in [0.15, 0.2) is 0 Å². The average Bonchev–Trinajstić information content (AvgIpc) is 2.96. The molecular weight excluding hydrogens is 500 g/mol. The van der Waals surface area contributed by atoms with Crippen molar-refractivity contribution in [1.82, 2.24) is 5.32 Å². The number of para-hydroxylation sites is 1. The average molecular weight is 533 g/mol. The minimum Gasteiger partial charge on any atom is -0.349 e. The molecule has 1 aliphatic heterocycles. The molecule has 4 aromatic rings. The molecule has 0 aliphatic carbocycles. The van der Waals surface area contributed by atoms with Crippen LogP contribution in [0.15, 0.2) is 113 Å². The first-order valence-corrected chi connectivity index (χ1v) is 14.1. The van der Waals surface area contributed by atoms with Crippen LogP contribution in [0.3, 0.4) is 0 Å². The third-order valence-electron chi connectivity index (χ3n) is 6.88. The Morgan fingerprint density at radius 3 is 2.36 bits per heavy atom. The van der Waals surface area contributed by atoms with Gasteiger partial charge in [-0.1, -0.05) is 103 Å². The third-order valence-corrected chi connectivity index (χ3v) is 7.96. The number of carbonyl (C=O) groups excluding carboxylic acids is 2. The van der Waals surface area contributed by atoms with Crippen molar-refractivity contribution in [3.05, 3.63) is 136 Å². The Morgan fingerprint density at radius 1 is 0.897 bits per heavy atom. The molecule has 0 bridgehead atoms. The molecule has 4 nitrogen and oxygen atoms in total. The molecule has 0 fully saturated rings. The van der Waals surface area contributed by atoms with E-state index >= 15 is 0 Å². The van der Waals surface area contributed by atoms with Crippen molar-refractivity contribution in [3.63, 3.8) is 0 Å².